The number of imidazole rings is 1. The molecule has 2 N–H and O–H groups in total. The van der Waals surface area contributed by atoms with Gasteiger partial charge in [-0.15, -0.1) is 0 Å². The second kappa shape index (κ2) is 9.94. The molecule has 0 saturated carbocycles. The van der Waals surface area contributed by atoms with Gasteiger partial charge in [-0.2, -0.15) is 4.31 Å². The second-order valence-electron chi connectivity index (χ2n) is 9.38. The van der Waals surface area contributed by atoms with Gasteiger partial charge in [0.2, 0.25) is 10.0 Å². The predicted octanol–water partition coefficient (Wildman–Crippen LogP) is 5.66. The lowest BCUT2D eigenvalue weighted by atomic mass is 9.94. The highest BCUT2D eigenvalue weighted by Gasteiger charge is 2.31. The van der Waals surface area contributed by atoms with Gasteiger partial charge >= 0.3 is 0 Å². The van der Waals surface area contributed by atoms with Gasteiger partial charge in [-0.1, -0.05) is 78.9 Å². The maximum atomic E-state index is 14.1. The fourth-order valence-electron chi connectivity index (χ4n) is 5.18. The number of hydrogen-bond acceptors (Lipinski definition) is 4. The van der Waals surface area contributed by atoms with Crippen LogP contribution >= 0.6 is 0 Å². The third-order valence-corrected chi connectivity index (χ3v) is 8.99. The van der Waals surface area contributed by atoms with Crippen LogP contribution in [0.25, 0.3) is 21.9 Å². The van der Waals surface area contributed by atoms with E-state index < -0.39 is 10.0 Å². The third kappa shape index (κ3) is 4.69. The molecular weight excluding hydrogens is 480 g/mol. The highest BCUT2D eigenvalue weighted by molar-refractivity contribution is 7.89. The molecule has 2 heterocycles. The largest absolute Gasteiger partial charge is 0.351 e. The van der Waals surface area contributed by atoms with E-state index >= 15 is 0 Å². The second-order valence-corrected chi connectivity index (χ2v) is 11.3. The Balaban J connectivity index is 1.39. The molecule has 1 aliphatic rings. The minimum atomic E-state index is -3.73. The number of H-pyrrole nitrogens is 1. The molecule has 1 unspecified atom stereocenters. The van der Waals surface area contributed by atoms with Gasteiger partial charge < -0.3 is 10.3 Å². The first-order valence-electron chi connectivity index (χ1n) is 12.5. The van der Waals surface area contributed by atoms with Crippen LogP contribution < -0.4 is 5.32 Å². The molecule has 0 spiro atoms. The molecular formula is C30H28N4O2S. The molecule has 6 nitrogen and oxygen atoms in total. The van der Waals surface area contributed by atoms with Crippen LogP contribution in [0.5, 0.6) is 0 Å². The monoisotopic (exact) mass is 508 g/mol. The minimum Gasteiger partial charge on any atom is -0.351 e. The van der Waals surface area contributed by atoms with Gasteiger partial charge in [0.05, 0.1) is 16.9 Å². The van der Waals surface area contributed by atoms with E-state index in [9.17, 15) is 8.42 Å². The number of rotatable bonds is 6. The van der Waals surface area contributed by atoms with Crippen LogP contribution in [-0.2, 0) is 23.1 Å². The number of aromatic nitrogens is 2. The van der Waals surface area contributed by atoms with Crippen molar-refractivity contribution >= 4 is 20.8 Å². The number of aromatic amines is 1. The highest BCUT2D eigenvalue weighted by atomic mass is 32.2. The molecule has 1 aliphatic heterocycles. The average Bonchev–Trinajstić information content (AvgIpc) is 3.39. The number of benzene rings is 4. The summed E-state index contributed by atoms with van der Waals surface area (Å²) in [5, 5.41) is 5.29. The normalized spacial score (nSPS) is 16.4. The molecule has 0 aliphatic carbocycles. The van der Waals surface area contributed by atoms with Crippen molar-refractivity contribution in [2.45, 2.75) is 30.4 Å². The molecule has 186 valence electrons. The highest BCUT2D eigenvalue weighted by Crippen LogP contribution is 2.34. The molecule has 0 saturated heterocycles. The lowest BCUT2D eigenvalue weighted by molar-refractivity contribution is 0.386. The van der Waals surface area contributed by atoms with E-state index in [-0.39, 0.29) is 6.04 Å². The van der Waals surface area contributed by atoms with E-state index in [0.29, 0.717) is 31.0 Å². The van der Waals surface area contributed by atoms with Crippen molar-refractivity contribution < 1.29 is 8.42 Å². The SMILES string of the molecule is O=S(=O)(c1cccc2ccccc12)N1CCC(NCc2c[nH]cn2)c2ccc(-c3ccccc3)cc2C1. The van der Waals surface area contributed by atoms with Crippen molar-refractivity contribution in [1.82, 2.24) is 19.6 Å². The van der Waals surface area contributed by atoms with E-state index in [4.69, 9.17) is 0 Å². The molecule has 0 bridgehead atoms. The first-order chi connectivity index (χ1) is 18.1. The molecule has 5 aromatic rings. The molecule has 4 aromatic carbocycles. The molecule has 37 heavy (non-hydrogen) atoms. The smallest absolute Gasteiger partial charge is 0.243 e. The number of sulfonamides is 1. The van der Waals surface area contributed by atoms with E-state index in [1.807, 2.05) is 60.8 Å². The van der Waals surface area contributed by atoms with Crippen molar-refractivity contribution in [2.24, 2.45) is 0 Å². The van der Waals surface area contributed by atoms with Crippen LogP contribution in [0, 0.1) is 0 Å². The third-order valence-electron chi connectivity index (χ3n) is 7.09. The zero-order valence-corrected chi connectivity index (χ0v) is 21.2. The predicted molar refractivity (Wildman–Crippen MR) is 146 cm³/mol. The summed E-state index contributed by atoms with van der Waals surface area (Å²) in [7, 11) is -3.73. The van der Waals surface area contributed by atoms with Gasteiger partial charge in [-0.25, -0.2) is 13.4 Å². The van der Waals surface area contributed by atoms with Crippen LogP contribution in [0.15, 0.2) is 108 Å². The van der Waals surface area contributed by atoms with Crippen molar-refractivity contribution in [3.8, 4) is 11.1 Å². The van der Waals surface area contributed by atoms with Crippen LogP contribution in [0.1, 0.15) is 29.3 Å². The Morgan fingerprint density at radius 1 is 0.919 bits per heavy atom. The Morgan fingerprint density at radius 3 is 2.57 bits per heavy atom. The first kappa shape index (κ1) is 23.6. The maximum Gasteiger partial charge on any atom is 0.243 e. The van der Waals surface area contributed by atoms with Gasteiger partial charge in [0.25, 0.3) is 0 Å². The van der Waals surface area contributed by atoms with Crippen LogP contribution in [0.4, 0.5) is 0 Å². The van der Waals surface area contributed by atoms with Gasteiger partial charge in [-0.05, 0) is 46.2 Å². The Labute approximate surface area is 217 Å². The van der Waals surface area contributed by atoms with Gasteiger partial charge in [-0.3, -0.25) is 0 Å². The zero-order valence-electron chi connectivity index (χ0n) is 20.3. The topological polar surface area (TPSA) is 78.1 Å². The Bertz CT molecular complexity index is 1630. The van der Waals surface area contributed by atoms with E-state index in [0.717, 1.165) is 38.7 Å². The van der Waals surface area contributed by atoms with Crippen LogP contribution in [0.2, 0.25) is 0 Å². The molecule has 0 fully saturated rings. The Morgan fingerprint density at radius 2 is 1.73 bits per heavy atom. The van der Waals surface area contributed by atoms with Crippen molar-refractivity contribution in [3.63, 3.8) is 0 Å². The molecule has 7 heteroatoms. The fraction of sp³-hybridized carbons (Fsp3) is 0.167. The summed E-state index contributed by atoms with van der Waals surface area (Å²) in [6.07, 6.45) is 4.20. The summed E-state index contributed by atoms with van der Waals surface area (Å²) < 4.78 is 29.8. The van der Waals surface area contributed by atoms with Gasteiger partial charge in [0.1, 0.15) is 0 Å². The molecule has 1 atom stereocenters. The summed E-state index contributed by atoms with van der Waals surface area (Å²) in [6.45, 7) is 1.34. The summed E-state index contributed by atoms with van der Waals surface area (Å²) in [4.78, 5) is 7.68. The summed E-state index contributed by atoms with van der Waals surface area (Å²) in [5.41, 5.74) is 5.26. The van der Waals surface area contributed by atoms with E-state index in [1.54, 1.807) is 16.7 Å². The average molecular weight is 509 g/mol. The molecule has 1 aromatic heterocycles. The van der Waals surface area contributed by atoms with Crippen molar-refractivity contribution in [3.05, 3.63) is 120 Å². The maximum absolute atomic E-state index is 14.1. The van der Waals surface area contributed by atoms with Gasteiger partial charge in [0, 0.05) is 37.3 Å². The molecule has 0 radical (unpaired) electrons. The first-order valence-corrected chi connectivity index (χ1v) is 13.9. The number of fused-ring (bicyclic) bond motifs is 2. The summed E-state index contributed by atoms with van der Waals surface area (Å²) in [6, 6.07) is 29.8. The quantitative estimate of drug-likeness (QED) is 0.310. The molecule has 6 rings (SSSR count). The van der Waals surface area contributed by atoms with Crippen LogP contribution in [-0.4, -0.2) is 29.2 Å². The van der Waals surface area contributed by atoms with Crippen LogP contribution in [0.3, 0.4) is 0 Å². The summed E-state index contributed by atoms with van der Waals surface area (Å²) >= 11 is 0. The van der Waals surface area contributed by atoms with Crippen molar-refractivity contribution in [2.75, 3.05) is 6.54 Å². The fourth-order valence-corrected chi connectivity index (χ4v) is 6.83. The minimum absolute atomic E-state index is 0.00393. The van der Waals surface area contributed by atoms with Crippen molar-refractivity contribution in [1.29, 1.82) is 0 Å². The molecule has 0 amide bonds. The number of nitrogens with one attached hydrogen (secondary N) is 2. The summed E-state index contributed by atoms with van der Waals surface area (Å²) in [5.74, 6) is 0. The lowest BCUT2D eigenvalue weighted by Crippen LogP contribution is -2.31. The van der Waals surface area contributed by atoms with E-state index in [2.05, 4.69) is 45.6 Å². The Kier molecular flexibility index (Phi) is 6.34. The zero-order chi connectivity index (χ0) is 25.2. The number of hydrogen-bond donors (Lipinski definition) is 2. The standard InChI is InChI=1S/C30H28N4O2S/c35-37(36,30-12-6-10-23-9-4-5-11-28(23)30)34-16-15-29(32-19-26-18-31-21-33-26)27-14-13-24(17-25(27)20-34)22-7-2-1-3-8-22/h1-14,17-18,21,29,32H,15-16,19-20H2,(H,31,33). The lowest BCUT2D eigenvalue weighted by Gasteiger charge is -2.22. The van der Waals surface area contributed by atoms with Gasteiger partial charge in [0.15, 0.2) is 0 Å². The van der Waals surface area contributed by atoms with E-state index in [1.165, 1.54) is 0 Å². The number of nitrogens with zero attached hydrogens (tertiary/aromatic N) is 2. The Hall–Kier alpha value is -3.78.